The van der Waals surface area contributed by atoms with Gasteiger partial charge in [0, 0.05) is 18.1 Å². The number of aromatic amines is 1. The van der Waals surface area contributed by atoms with E-state index in [4.69, 9.17) is 10.5 Å². The van der Waals surface area contributed by atoms with Crippen LogP contribution >= 0.6 is 0 Å². The second kappa shape index (κ2) is 3.23. The number of phenolic OH excluding ortho intramolecular Hbond substituents is 1. The van der Waals surface area contributed by atoms with Gasteiger partial charge in [0.25, 0.3) is 0 Å². The van der Waals surface area contributed by atoms with E-state index in [1.165, 1.54) is 7.11 Å². The number of H-pyrrole nitrogens is 1. The summed E-state index contributed by atoms with van der Waals surface area (Å²) < 4.78 is 5.04. The molecule has 4 N–H and O–H groups in total. The Bertz CT molecular complexity index is 462. The van der Waals surface area contributed by atoms with Crippen LogP contribution in [0, 0.1) is 0 Å². The molecule has 0 aliphatic carbocycles. The molecule has 0 bridgehead atoms. The zero-order valence-corrected chi connectivity index (χ0v) is 7.87. The van der Waals surface area contributed by atoms with Gasteiger partial charge >= 0.3 is 0 Å². The van der Waals surface area contributed by atoms with Crippen LogP contribution in [-0.4, -0.2) is 17.2 Å². The maximum Gasteiger partial charge on any atom is 0.182 e. The number of phenols is 1. The molecule has 0 atom stereocenters. The Morgan fingerprint density at radius 2 is 2.36 bits per heavy atom. The molecule has 74 valence electrons. The number of methoxy groups -OCH3 is 1. The fourth-order valence-electron chi connectivity index (χ4n) is 1.58. The van der Waals surface area contributed by atoms with Crippen molar-refractivity contribution in [3.63, 3.8) is 0 Å². The van der Waals surface area contributed by atoms with E-state index >= 15 is 0 Å². The highest BCUT2D eigenvalue weighted by Crippen LogP contribution is 2.35. The lowest BCUT2D eigenvalue weighted by Gasteiger charge is -2.07. The number of rotatable bonds is 2. The minimum Gasteiger partial charge on any atom is -0.503 e. The van der Waals surface area contributed by atoms with Crippen LogP contribution in [0.15, 0.2) is 18.3 Å². The number of aromatic hydroxyl groups is 1. The second-order valence-corrected chi connectivity index (χ2v) is 3.06. The van der Waals surface area contributed by atoms with E-state index in [9.17, 15) is 5.11 Å². The molecule has 1 heterocycles. The first-order valence-corrected chi connectivity index (χ1v) is 4.34. The monoisotopic (exact) mass is 192 g/mol. The molecular weight excluding hydrogens is 180 g/mol. The van der Waals surface area contributed by atoms with Gasteiger partial charge in [-0.25, -0.2) is 0 Å². The molecule has 0 saturated carbocycles. The van der Waals surface area contributed by atoms with Gasteiger partial charge in [0.15, 0.2) is 11.5 Å². The van der Waals surface area contributed by atoms with E-state index in [1.54, 1.807) is 12.3 Å². The fraction of sp³-hybridized carbons (Fsp3) is 0.200. The molecule has 4 heteroatoms. The van der Waals surface area contributed by atoms with Crippen molar-refractivity contribution < 1.29 is 9.84 Å². The highest BCUT2D eigenvalue weighted by atomic mass is 16.5. The predicted molar refractivity (Wildman–Crippen MR) is 54.4 cm³/mol. The van der Waals surface area contributed by atoms with Crippen molar-refractivity contribution in [2.24, 2.45) is 5.73 Å². The molecule has 0 amide bonds. The third-order valence-electron chi connectivity index (χ3n) is 2.31. The van der Waals surface area contributed by atoms with Gasteiger partial charge in [0.1, 0.15) is 0 Å². The zero-order valence-electron chi connectivity index (χ0n) is 7.87. The van der Waals surface area contributed by atoms with Crippen LogP contribution < -0.4 is 10.5 Å². The standard InChI is InChI=1S/C10H12N2O2/c1-14-8-4-6(5-11)7-2-3-12-9(7)10(8)13/h2-4,12-13H,5,11H2,1H3. The van der Waals surface area contributed by atoms with E-state index in [1.807, 2.05) is 6.07 Å². The highest BCUT2D eigenvalue weighted by Gasteiger charge is 2.11. The van der Waals surface area contributed by atoms with Crippen molar-refractivity contribution in [1.82, 2.24) is 4.98 Å². The van der Waals surface area contributed by atoms with Gasteiger partial charge in [-0.15, -0.1) is 0 Å². The SMILES string of the molecule is COc1cc(CN)c2cc[nH]c2c1O. The molecular formula is C10H12N2O2. The van der Waals surface area contributed by atoms with Crippen molar-refractivity contribution in [3.8, 4) is 11.5 Å². The van der Waals surface area contributed by atoms with Gasteiger partial charge in [-0.05, 0) is 17.7 Å². The number of benzene rings is 1. The van der Waals surface area contributed by atoms with E-state index in [-0.39, 0.29) is 5.75 Å². The van der Waals surface area contributed by atoms with Gasteiger partial charge in [-0.3, -0.25) is 0 Å². The lowest BCUT2D eigenvalue weighted by molar-refractivity contribution is 0.375. The number of fused-ring (bicyclic) bond motifs is 1. The Morgan fingerprint density at radius 1 is 1.57 bits per heavy atom. The van der Waals surface area contributed by atoms with E-state index < -0.39 is 0 Å². The van der Waals surface area contributed by atoms with Crippen molar-refractivity contribution >= 4 is 10.9 Å². The summed E-state index contributed by atoms with van der Waals surface area (Å²) in [7, 11) is 1.52. The third kappa shape index (κ3) is 1.12. The highest BCUT2D eigenvalue weighted by molar-refractivity contribution is 5.90. The maximum atomic E-state index is 9.76. The number of aromatic nitrogens is 1. The number of hydrogen-bond donors (Lipinski definition) is 3. The van der Waals surface area contributed by atoms with Crippen molar-refractivity contribution in [1.29, 1.82) is 0 Å². The Labute approximate surface area is 81.3 Å². The fourth-order valence-corrected chi connectivity index (χ4v) is 1.58. The van der Waals surface area contributed by atoms with Crippen LogP contribution in [0.5, 0.6) is 11.5 Å². The van der Waals surface area contributed by atoms with Gasteiger partial charge in [-0.1, -0.05) is 0 Å². The molecule has 0 fully saturated rings. The minimum absolute atomic E-state index is 0.129. The first-order valence-electron chi connectivity index (χ1n) is 4.34. The van der Waals surface area contributed by atoms with Crippen LogP contribution in [0.4, 0.5) is 0 Å². The normalized spacial score (nSPS) is 10.7. The summed E-state index contributed by atoms with van der Waals surface area (Å²) in [6, 6.07) is 3.64. The summed E-state index contributed by atoms with van der Waals surface area (Å²) in [5.74, 6) is 0.574. The first kappa shape index (κ1) is 8.90. The van der Waals surface area contributed by atoms with E-state index in [0.717, 1.165) is 10.9 Å². The number of hydrogen-bond acceptors (Lipinski definition) is 3. The number of ether oxygens (including phenoxy) is 1. The van der Waals surface area contributed by atoms with Gasteiger partial charge in [0.05, 0.1) is 12.6 Å². The minimum atomic E-state index is 0.129. The third-order valence-corrected chi connectivity index (χ3v) is 2.31. The topological polar surface area (TPSA) is 71.3 Å². The lowest BCUT2D eigenvalue weighted by atomic mass is 10.1. The molecule has 0 aliphatic heterocycles. The zero-order chi connectivity index (χ0) is 10.1. The molecule has 0 radical (unpaired) electrons. The maximum absolute atomic E-state index is 9.76. The average molecular weight is 192 g/mol. The van der Waals surface area contributed by atoms with Crippen LogP contribution in [0.2, 0.25) is 0 Å². The summed E-state index contributed by atoms with van der Waals surface area (Å²) in [5.41, 5.74) is 7.22. The molecule has 1 aromatic heterocycles. The van der Waals surface area contributed by atoms with Crippen LogP contribution in [0.1, 0.15) is 5.56 Å². The van der Waals surface area contributed by atoms with E-state index in [2.05, 4.69) is 4.98 Å². The summed E-state index contributed by atoms with van der Waals surface area (Å²) in [6.45, 7) is 0.422. The molecule has 1 aromatic carbocycles. The predicted octanol–water partition coefficient (Wildman–Crippen LogP) is 1.34. The van der Waals surface area contributed by atoms with Crippen molar-refractivity contribution in [2.75, 3.05) is 7.11 Å². The van der Waals surface area contributed by atoms with Crippen LogP contribution in [0.25, 0.3) is 10.9 Å². The quantitative estimate of drug-likeness (QED) is 0.672. The Morgan fingerprint density at radius 3 is 3.00 bits per heavy atom. The molecule has 2 rings (SSSR count). The first-order chi connectivity index (χ1) is 6.77. The summed E-state index contributed by atoms with van der Waals surface area (Å²) in [4.78, 5) is 2.95. The Hall–Kier alpha value is -1.68. The van der Waals surface area contributed by atoms with Crippen LogP contribution in [0.3, 0.4) is 0 Å². The summed E-state index contributed by atoms with van der Waals surface area (Å²) in [6.07, 6.45) is 1.77. The van der Waals surface area contributed by atoms with E-state index in [0.29, 0.717) is 17.8 Å². The molecule has 0 spiro atoms. The average Bonchev–Trinajstić information content (AvgIpc) is 2.68. The van der Waals surface area contributed by atoms with Gasteiger partial charge in [0.2, 0.25) is 0 Å². The molecule has 4 nitrogen and oxygen atoms in total. The second-order valence-electron chi connectivity index (χ2n) is 3.06. The molecule has 0 unspecified atom stereocenters. The van der Waals surface area contributed by atoms with Crippen molar-refractivity contribution in [2.45, 2.75) is 6.54 Å². The van der Waals surface area contributed by atoms with Gasteiger partial charge < -0.3 is 20.6 Å². The summed E-state index contributed by atoms with van der Waals surface area (Å²) >= 11 is 0. The Balaban J connectivity index is 2.80. The largest absolute Gasteiger partial charge is 0.503 e. The lowest BCUT2D eigenvalue weighted by Crippen LogP contribution is -1.98. The molecule has 0 aliphatic rings. The molecule has 14 heavy (non-hydrogen) atoms. The molecule has 0 saturated heterocycles. The van der Waals surface area contributed by atoms with Gasteiger partial charge in [-0.2, -0.15) is 0 Å². The van der Waals surface area contributed by atoms with Crippen LogP contribution in [-0.2, 0) is 6.54 Å². The van der Waals surface area contributed by atoms with Crippen molar-refractivity contribution in [3.05, 3.63) is 23.9 Å². The number of nitrogens with two attached hydrogens (primary N) is 1. The summed E-state index contributed by atoms with van der Waals surface area (Å²) in [5, 5.41) is 10.7. The Kier molecular flexibility index (Phi) is 2.05. The molecule has 2 aromatic rings. The smallest absolute Gasteiger partial charge is 0.182 e. The number of nitrogens with one attached hydrogen (secondary N) is 1.